The van der Waals surface area contributed by atoms with Gasteiger partial charge in [-0.1, -0.05) is 33.1 Å². The molecule has 1 saturated carbocycles. The van der Waals surface area contributed by atoms with Gasteiger partial charge in [0.15, 0.2) is 0 Å². The van der Waals surface area contributed by atoms with Gasteiger partial charge in [0.2, 0.25) is 5.91 Å². The molecule has 1 heterocycles. The van der Waals surface area contributed by atoms with Gasteiger partial charge in [0, 0.05) is 25.7 Å². The number of nitrogens with zero attached hydrogens (tertiary/aromatic N) is 1. The minimum atomic E-state index is -0.130. The van der Waals surface area contributed by atoms with Gasteiger partial charge >= 0.3 is 0 Å². The van der Waals surface area contributed by atoms with E-state index in [9.17, 15) is 4.79 Å². The Balaban J connectivity index is 2.17. The summed E-state index contributed by atoms with van der Waals surface area (Å²) >= 11 is 0. The first-order valence-corrected chi connectivity index (χ1v) is 7.27. The van der Waals surface area contributed by atoms with Crippen molar-refractivity contribution in [1.29, 1.82) is 0 Å². The van der Waals surface area contributed by atoms with Crippen LogP contribution in [0.1, 0.15) is 46.0 Å². The Labute approximate surface area is 110 Å². The summed E-state index contributed by atoms with van der Waals surface area (Å²) in [6.07, 6.45) is 6.37. The zero-order valence-electron chi connectivity index (χ0n) is 11.7. The number of nitrogens with two attached hydrogens (primary N) is 1. The van der Waals surface area contributed by atoms with Crippen LogP contribution in [0.5, 0.6) is 0 Å². The SMILES string of the molecule is CC1(C)CNC(=O)C(CN)N(C2CCCCC2)C1. The van der Waals surface area contributed by atoms with Gasteiger partial charge in [0.1, 0.15) is 6.04 Å². The van der Waals surface area contributed by atoms with E-state index >= 15 is 0 Å². The van der Waals surface area contributed by atoms with Gasteiger partial charge in [0.05, 0.1) is 0 Å². The van der Waals surface area contributed by atoms with Crippen LogP contribution in [0.25, 0.3) is 0 Å². The average Bonchev–Trinajstić information content (AvgIpc) is 2.48. The zero-order valence-corrected chi connectivity index (χ0v) is 11.7. The van der Waals surface area contributed by atoms with Crippen molar-refractivity contribution in [2.45, 2.75) is 58.0 Å². The highest BCUT2D eigenvalue weighted by molar-refractivity contribution is 5.82. The summed E-state index contributed by atoms with van der Waals surface area (Å²) in [5, 5.41) is 3.04. The van der Waals surface area contributed by atoms with E-state index in [1.165, 1.54) is 32.1 Å². The Morgan fingerprint density at radius 2 is 2.00 bits per heavy atom. The van der Waals surface area contributed by atoms with E-state index in [1.807, 2.05) is 0 Å². The Hall–Kier alpha value is -0.610. The molecule has 2 fully saturated rings. The number of hydrogen-bond donors (Lipinski definition) is 2. The normalized spacial score (nSPS) is 30.8. The second-order valence-electron chi connectivity index (χ2n) is 6.60. The number of amides is 1. The summed E-state index contributed by atoms with van der Waals surface area (Å²) in [4.78, 5) is 14.5. The van der Waals surface area contributed by atoms with Crippen molar-refractivity contribution in [2.24, 2.45) is 11.1 Å². The van der Waals surface area contributed by atoms with E-state index in [0.29, 0.717) is 12.6 Å². The van der Waals surface area contributed by atoms with E-state index in [-0.39, 0.29) is 17.4 Å². The van der Waals surface area contributed by atoms with E-state index in [2.05, 4.69) is 24.1 Å². The van der Waals surface area contributed by atoms with Gasteiger partial charge < -0.3 is 11.1 Å². The quantitative estimate of drug-likeness (QED) is 0.775. The molecule has 0 aromatic heterocycles. The first-order chi connectivity index (χ1) is 8.53. The number of rotatable bonds is 2. The Morgan fingerprint density at radius 1 is 1.33 bits per heavy atom. The molecule has 0 bridgehead atoms. The molecular weight excluding hydrogens is 226 g/mol. The molecule has 0 aromatic rings. The lowest BCUT2D eigenvalue weighted by molar-refractivity contribution is -0.126. The zero-order chi connectivity index (χ0) is 13.2. The van der Waals surface area contributed by atoms with Crippen molar-refractivity contribution in [3.63, 3.8) is 0 Å². The smallest absolute Gasteiger partial charge is 0.238 e. The minimum absolute atomic E-state index is 0.119. The summed E-state index contributed by atoms with van der Waals surface area (Å²) in [6.45, 7) is 6.60. The van der Waals surface area contributed by atoms with Crippen LogP contribution in [-0.2, 0) is 4.79 Å². The van der Waals surface area contributed by atoms with Crippen LogP contribution >= 0.6 is 0 Å². The van der Waals surface area contributed by atoms with Gasteiger partial charge in [-0.3, -0.25) is 9.69 Å². The second-order valence-corrected chi connectivity index (χ2v) is 6.60. The predicted octanol–water partition coefficient (Wildman–Crippen LogP) is 1.10. The fourth-order valence-electron chi connectivity index (χ4n) is 3.29. The lowest BCUT2D eigenvalue weighted by Crippen LogP contribution is -2.53. The fraction of sp³-hybridized carbons (Fsp3) is 0.929. The molecule has 4 nitrogen and oxygen atoms in total. The highest BCUT2D eigenvalue weighted by Gasteiger charge is 2.38. The van der Waals surface area contributed by atoms with Crippen LogP contribution < -0.4 is 11.1 Å². The Morgan fingerprint density at radius 3 is 2.61 bits per heavy atom. The van der Waals surface area contributed by atoms with Gasteiger partial charge in [-0.05, 0) is 18.3 Å². The van der Waals surface area contributed by atoms with Crippen LogP contribution in [0, 0.1) is 5.41 Å². The molecule has 2 rings (SSSR count). The first-order valence-electron chi connectivity index (χ1n) is 7.27. The Bertz CT molecular complexity index is 297. The van der Waals surface area contributed by atoms with Crippen molar-refractivity contribution in [3.8, 4) is 0 Å². The van der Waals surface area contributed by atoms with Gasteiger partial charge in [-0.2, -0.15) is 0 Å². The maximum absolute atomic E-state index is 12.2. The number of carbonyl (C=O) groups excluding carboxylic acids is 1. The molecule has 104 valence electrons. The lowest BCUT2D eigenvalue weighted by atomic mass is 9.89. The molecule has 1 saturated heterocycles. The molecule has 2 aliphatic rings. The van der Waals surface area contributed by atoms with Crippen molar-refractivity contribution in [3.05, 3.63) is 0 Å². The van der Waals surface area contributed by atoms with Crippen molar-refractivity contribution >= 4 is 5.91 Å². The molecule has 1 atom stereocenters. The third kappa shape index (κ3) is 3.04. The molecule has 18 heavy (non-hydrogen) atoms. The molecule has 4 heteroatoms. The molecule has 1 amide bonds. The molecule has 3 N–H and O–H groups in total. The first kappa shape index (κ1) is 13.8. The number of carbonyl (C=O) groups is 1. The summed E-state index contributed by atoms with van der Waals surface area (Å²) in [5.74, 6) is 0.119. The third-order valence-corrected chi connectivity index (χ3v) is 4.32. The largest absolute Gasteiger partial charge is 0.354 e. The monoisotopic (exact) mass is 253 g/mol. The van der Waals surface area contributed by atoms with Crippen molar-refractivity contribution < 1.29 is 4.79 Å². The predicted molar refractivity (Wildman–Crippen MR) is 73.2 cm³/mol. The van der Waals surface area contributed by atoms with Crippen LogP contribution in [0.15, 0.2) is 0 Å². The van der Waals surface area contributed by atoms with E-state index in [1.54, 1.807) is 0 Å². The Kier molecular flexibility index (Phi) is 4.28. The highest BCUT2D eigenvalue weighted by Crippen LogP contribution is 2.29. The molecule has 1 unspecified atom stereocenters. The van der Waals surface area contributed by atoms with E-state index in [4.69, 9.17) is 5.73 Å². The summed E-state index contributed by atoms with van der Waals surface area (Å²) in [7, 11) is 0. The van der Waals surface area contributed by atoms with Gasteiger partial charge in [0.25, 0.3) is 0 Å². The molecular formula is C14H27N3O. The topological polar surface area (TPSA) is 58.4 Å². The maximum Gasteiger partial charge on any atom is 0.238 e. The maximum atomic E-state index is 12.2. The lowest BCUT2D eigenvalue weighted by Gasteiger charge is -2.40. The van der Waals surface area contributed by atoms with Crippen LogP contribution in [0.2, 0.25) is 0 Å². The highest BCUT2D eigenvalue weighted by atomic mass is 16.2. The van der Waals surface area contributed by atoms with Crippen LogP contribution in [0.4, 0.5) is 0 Å². The van der Waals surface area contributed by atoms with E-state index < -0.39 is 0 Å². The third-order valence-electron chi connectivity index (χ3n) is 4.32. The van der Waals surface area contributed by atoms with Crippen molar-refractivity contribution in [1.82, 2.24) is 10.2 Å². The van der Waals surface area contributed by atoms with Gasteiger partial charge in [-0.15, -0.1) is 0 Å². The van der Waals surface area contributed by atoms with E-state index in [0.717, 1.165) is 13.1 Å². The second kappa shape index (κ2) is 5.57. The molecule has 1 aliphatic heterocycles. The number of hydrogen-bond acceptors (Lipinski definition) is 3. The molecule has 0 aromatic carbocycles. The molecule has 0 spiro atoms. The van der Waals surface area contributed by atoms with Gasteiger partial charge in [-0.25, -0.2) is 0 Å². The van der Waals surface area contributed by atoms with Crippen LogP contribution in [-0.4, -0.2) is 42.5 Å². The minimum Gasteiger partial charge on any atom is -0.354 e. The summed E-state index contributed by atoms with van der Waals surface area (Å²) in [5.41, 5.74) is 5.98. The standard InChI is InChI=1S/C14H27N3O/c1-14(2)9-16-13(18)12(8-15)17(10-14)11-6-4-3-5-7-11/h11-12H,3-10,15H2,1-2H3,(H,16,18). The van der Waals surface area contributed by atoms with Crippen molar-refractivity contribution in [2.75, 3.05) is 19.6 Å². The number of nitrogens with one attached hydrogen (secondary N) is 1. The molecule has 1 aliphatic carbocycles. The average molecular weight is 253 g/mol. The summed E-state index contributed by atoms with van der Waals surface area (Å²) in [6, 6.07) is 0.422. The van der Waals surface area contributed by atoms with Crippen LogP contribution in [0.3, 0.4) is 0 Å². The molecule has 0 radical (unpaired) electrons. The summed E-state index contributed by atoms with van der Waals surface area (Å²) < 4.78 is 0. The fourth-order valence-corrected chi connectivity index (χ4v) is 3.29.